The van der Waals surface area contributed by atoms with Crippen LogP contribution in [0.2, 0.25) is 0 Å². The molecule has 4 nitrogen and oxygen atoms in total. The van der Waals surface area contributed by atoms with Gasteiger partial charge >= 0.3 is 0 Å². The molecule has 0 aliphatic carbocycles. The van der Waals surface area contributed by atoms with Gasteiger partial charge < -0.3 is 10.1 Å². The van der Waals surface area contributed by atoms with Crippen molar-refractivity contribution in [3.63, 3.8) is 0 Å². The second-order valence-corrected chi connectivity index (χ2v) is 6.92. The molecule has 18 heavy (non-hydrogen) atoms. The molecule has 0 saturated heterocycles. The number of halogens is 2. The Hall–Kier alpha value is -0.660. The maximum absolute atomic E-state index is 11.8. The summed E-state index contributed by atoms with van der Waals surface area (Å²) in [5.74, 6) is 0.199. The van der Waals surface area contributed by atoms with E-state index >= 15 is 0 Å². The van der Waals surface area contributed by atoms with Crippen molar-refractivity contribution < 1.29 is 5.11 Å². The fourth-order valence-electron chi connectivity index (χ4n) is 1.54. The van der Waals surface area contributed by atoms with Crippen molar-refractivity contribution in [3.8, 4) is 16.6 Å². The van der Waals surface area contributed by atoms with E-state index in [1.165, 1.54) is 11.3 Å². The molecule has 0 saturated carbocycles. The van der Waals surface area contributed by atoms with Gasteiger partial charge in [0, 0.05) is 4.47 Å². The quantitative estimate of drug-likeness (QED) is 0.835. The predicted octanol–water partition coefficient (Wildman–Crippen LogP) is 3.68. The van der Waals surface area contributed by atoms with Crippen LogP contribution < -0.4 is 5.56 Å². The van der Waals surface area contributed by atoms with Gasteiger partial charge in [-0.2, -0.15) is 4.98 Å². The molecule has 0 amide bonds. The van der Waals surface area contributed by atoms with Crippen molar-refractivity contribution in [1.29, 1.82) is 0 Å². The number of H-pyrrole nitrogens is 1. The fraction of sp³-hybridized carbons (Fsp3) is 0.273. The van der Waals surface area contributed by atoms with E-state index in [9.17, 15) is 9.90 Å². The van der Waals surface area contributed by atoms with Crippen LogP contribution >= 0.6 is 43.2 Å². The van der Waals surface area contributed by atoms with Crippen LogP contribution in [-0.2, 0) is 6.42 Å². The summed E-state index contributed by atoms with van der Waals surface area (Å²) in [6, 6.07) is 1.84. The first-order valence-electron chi connectivity index (χ1n) is 5.30. The SMILES string of the molecule is CCCc1c(O)nc(-c2cc(Br)c(Br)s2)[nH]c1=O. The number of aromatic hydroxyl groups is 1. The molecule has 0 fully saturated rings. The smallest absolute Gasteiger partial charge is 0.258 e. The number of hydrogen-bond donors (Lipinski definition) is 2. The van der Waals surface area contributed by atoms with Crippen LogP contribution in [0.5, 0.6) is 5.88 Å². The summed E-state index contributed by atoms with van der Waals surface area (Å²) < 4.78 is 1.81. The van der Waals surface area contributed by atoms with E-state index in [0.29, 0.717) is 17.8 Å². The van der Waals surface area contributed by atoms with E-state index < -0.39 is 0 Å². The maximum atomic E-state index is 11.8. The summed E-state index contributed by atoms with van der Waals surface area (Å²) in [6.45, 7) is 1.94. The summed E-state index contributed by atoms with van der Waals surface area (Å²) >= 11 is 8.18. The Morgan fingerprint density at radius 1 is 1.50 bits per heavy atom. The summed E-state index contributed by atoms with van der Waals surface area (Å²) in [4.78, 5) is 19.4. The van der Waals surface area contributed by atoms with Crippen molar-refractivity contribution in [2.75, 3.05) is 0 Å². The molecule has 0 atom stereocenters. The largest absolute Gasteiger partial charge is 0.493 e. The Morgan fingerprint density at radius 3 is 2.72 bits per heavy atom. The lowest BCUT2D eigenvalue weighted by Crippen LogP contribution is -2.14. The van der Waals surface area contributed by atoms with Crippen molar-refractivity contribution in [1.82, 2.24) is 9.97 Å². The van der Waals surface area contributed by atoms with Crippen LogP contribution in [-0.4, -0.2) is 15.1 Å². The zero-order valence-electron chi connectivity index (χ0n) is 9.46. The third-order valence-corrected chi connectivity index (χ3v) is 5.64. The van der Waals surface area contributed by atoms with E-state index in [2.05, 4.69) is 41.8 Å². The highest BCUT2D eigenvalue weighted by molar-refractivity contribution is 9.13. The standard InChI is InChI=1S/C11H10Br2N2O2S/c1-2-3-5-10(16)14-9(15-11(5)17)7-4-6(12)8(13)18-7/h4H,2-3H2,1H3,(H2,14,15,16,17). The molecular weight excluding hydrogens is 384 g/mol. The summed E-state index contributed by atoms with van der Waals surface area (Å²) in [5.41, 5.74) is 0.0657. The van der Waals surface area contributed by atoms with Crippen molar-refractivity contribution >= 4 is 43.2 Å². The minimum absolute atomic E-state index is 0.184. The van der Waals surface area contributed by atoms with Gasteiger partial charge in [0.05, 0.1) is 14.2 Å². The third-order valence-electron chi connectivity index (χ3n) is 2.37. The van der Waals surface area contributed by atoms with Gasteiger partial charge in [-0.25, -0.2) is 0 Å². The third kappa shape index (κ3) is 2.67. The predicted molar refractivity (Wildman–Crippen MR) is 79.2 cm³/mol. The second kappa shape index (κ2) is 5.54. The molecule has 2 heterocycles. The van der Waals surface area contributed by atoms with E-state index in [1.807, 2.05) is 13.0 Å². The Bertz CT molecular complexity index is 617. The number of thiophene rings is 1. The number of aromatic amines is 1. The van der Waals surface area contributed by atoms with Gasteiger partial charge in [-0.3, -0.25) is 4.79 Å². The lowest BCUT2D eigenvalue weighted by molar-refractivity contribution is 0.443. The van der Waals surface area contributed by atoms with Crippen molar-refractivity contribution in [2.24, 2.45) is 0 Å². The lowest BCUT2D eigenvalue weighted by atomic mass is 10.2. The van der Waals surface area contributed by atoms with Crippen molar-refractivity contribution in [2.45, 2.75) is 19.8 Å². The normalized spacial score (nSPS) is 10.8. The molecule has 2 rings (SSSR count). The first-order valence-corrected chi connectivity index (χ1v) is 7.70. The minimum Gasteiger partial charge on any atom is -0.493 e. The molecule has 0 aromatic carbocycles. The van der Waals surface area contributed by atoms with Gasteiger partial charge in [-0.05, 0) is 44.3 Å². The molecule has 96 valence electrons. The van der Waals surface area contributed by atoms with Crippen molar-refractivity contribution in [3.05, 3.63) is 30.2 Å². The number of hydrogen-bond acceptors (Lipinski definition) is 4. The summed E-state index contributed by atoms with van der Waals surface area (Å²) in [7, 11) is 0. The Labute approximate surface area is 124 Å². The van der Waals surface area contributed by atoms with Gasteiger partial charge in [-0.15, -0.1) is 11.3 Å². The molecule has 2 aromatic rings. The van der Waals surface area contributed by atoms with Gasteiger partial charge in [0.15, 0.2) is 5.82 Å². The zero-order chi connectivity index (χ0) is 13.3. The van der Waals surface area contributed by atoms with E-state index in [0.717, 1.165) is 19.6 Å². The first kappa shape index (κ1) is 13.8. The van der Waals surface area contributed by atoms with Gasteiger partial charge in [0.25, 0.3) is 5.56 Å². The Balaban J connectivity index is 2.51. The molecule has 7 heteroatoms. The molecule has 0 unspecified atom stereocenters. The highest BCUT2D eigenvalue weighted by atomic mass is 79.9. The topological polar surface area (TPSA) is 66.0 Å². The van der Waals surface area contributed by atoms with Gasteiger partial charge in [0.1, 0.15) is 0 Å². The van der Waals surface area contributed by atoms with E-state index in [-0.39, 0.29) is 11.4 Å². The molecule has 0 aliphatic rings. The highest BCUT2D eigenvalue weighted by Gasteiger charge is 2.13. The highest BCUT2D eigenvalue weighted by Crippen LogP contribution is 2.37. The second-order valence-electron chi connectivity index (χ2n) is 3.70. The fourth-order valence-corrected chi connectivity index (χ4v) is 3.52. The Kier molecular flexibility index (Phi) is 4.24. The van der Waals surface area contributed by atoms with Crippen LogP contribution in [0.15, 0.2) is 19.1 Å². The number of aromatic nitrogens is 2. The van der Waals surface area contributed by atoms with Crippen LogP contribution in [0.4, 0.5) is 0 Å². The summed E-state index contributed by atoms with van der Waals surface area (Å²) in [5, 5.41) is 9.79. The molecule has 2 aromatic heterocycles. The van der Waals surface area contributed by atoms with Crippen LogP contribution in [0.3, 0.4) is 0 Å². The van der Waals surface area contributed by atoms with E-state index in [1.54, 1.807) is 0 Å². The molecule has 0 radical (unpaired) electrons. The minimum atomic E-state index is -0.278. The molecule has 0 aliphatic heterocycles. The van der Waals surface area contributed by atoms with Gasteiger partial charge in [0.2, 0.25) is 5.88 Å². The van der Waals surface area contributed by atoms with Gasteiger partial charge in [-0.1, -0.05) is 13.3 Å². The van der Waals surface area contributed by atoms with E-state index in [4.69, 9.17) is 0 Å². The number of nitrogens with zero attached hydrogens (tertiary/aromatic N) is 1. The number of rotatable bonds is 3. The molecular formula is C11H10Br2N2O2S. The molecule has 0 spiro atoms. The maximum Gasteiger partial charge on any atom is 0.258 e. The zero-order valence-corrected chi connectivity index (χ0v) is 13.4. The first-order chi connectivity index (χ1) is 8.52. The average molecular weight is 394 g/mol. The molecule has 0 bridgehead atoms. The Morgan fingerprint density at radius 2 is 2.22 bits per heavy atom. The molecule has 2 N–H and O–H groups in total. The van der Waals surface area contributed by atoms with Crippen LogP contribution in [0, 0.1) is 0 Å². The monoisotopic (exact) mass is 392 g/mol. The number of nitrogens with one attached hydrogen (secondary N) is 1. The van der Waals surface area contributed by atoms with Crippen LogP contribution in [0.25, 0.3) is 10.7 Å². The average Bonchev–Trinajstić information content (AvgIpc) is 2.64. The van der Waals surface area contributed by atoms with Crippen LogP contribution in [0.1, 0.15) is 18.9 Å². The lowest BCUT2D eigenvalue weighted by Gasteiger charge is -2.03. The summed E-state index contributed by atoms with van der Waals surface area (Å²) in [6.07, 6.45) is 1.31.